The van der Waals surface area contributed by atoms with Gasteiger partial charge in [0.2, 0.25) is 0 Å². The van der Waals surface area contributed by atoms with Crippen molar-refractivity contribution < 1.29 is 9.53 Å². The first-order chi connectivity index (χ1) is 13.6. The number of rotatable bonds is 8. The SMILES string of the molecule is C=C/C=C(\C=C)NC(=O)N1CCC(C/C=C(\CC)c2ccc(OC)cc2)CC1. The van der Waals surface area contributed by atoms with Gasteiger partial charge in [0.05, 0.1) is 7.11 Å². The topological polar surface area (TPSA) is 41.6 Å². The first-order valence-corrected chi connectivity index (χ1v) is 9.95. The van der Waals surface area contributed by atoms with Gasteiger partial charge in [-0.1, -0.05) is 44.4 Å². The Kier molecular flexibility index (Phi) is 8.60. The standard InChI is InChI=1S/C24H32N2O2/c1-5-8-22(7-3)25-24(27)26-17-15-19(16-18-26)9-10-20(6-2)21-11-13-23(28-4)14-12-21/h5,7-8,10-14,19H,1,3,6,9,15-18H2,2,4H3,(H,25,27)/b20-10+,22-8+. The van der Waals surface area contributed by atoms with Crippen LogP contribution in [0, 0.1) is 5.92 Å². The number of piperidine rings is 1. The molecule has 0 saturated carbocycles. The van der Waals surface area contributed by atoms with E-state index in [1.165, 1.54) is 11.1 Å². The van der Waals surface area contributed by atoms with Gasteiger partial charge in [-0.2, -0.15) is 0 Å². The van der Waals surface area contributed by atoms with Crippen LogP contribution in [0.2, 0.25) is 0 Å². The summed E-state index contributed by atoms with van der Waals surface area (Å²) in [6.45, 7) is 11.1. The zero-order chi connectivity index (χ0) is 20.4. The van der Waals surface area contributed by atoms with E-state index in [1.54, 1.807) is 25.3 Å². The molecular formula is C24H32N2O2. The van der Waals surface area contributed by atoms with Crippen molar-refractivity contribution in [1.82, 2.24) is 10.2 Å². The van der Waals surface area contributed by atoms with Gasteiger partial charge in [0.15, 0.2) is 0 Å². The number of carbonyl (C=O) groups excluding carboxylic acids is 1. The van der Waals surface area contributed by atoms with Crippen molar-refractivity contribution in [3.05, 3.63) is 73.0 Å². The minimum atomic E-state index is -0.0607. The molecule has 0 atom stereocenters. The zero-order valence-electron chi connectivity index (χ0n) is 17.1. The van der Waals surface area contributed by atoms with Gasteiger partial charge in [0, 0.05) is 18.8 Å². The highest BCUT2D eigenvalue weighted by Crippen LogP contribution is 2.26. The van der Waals surface area contributed by atoms with Crippen LogP contribution in [0.5, 0.6) is 5.75 Å². The van der Waals surface area contributed by atoms with Crippen LogP contribution in [-0.2, 0) is 0 Å². The average molecular weight is 381 g/mol. The van der Waals surface area contributed by atoms with Crippen molar-refractivity contribution >= 4 is 11.6 Å². The third kappa shape index (κ3) is 6.15. The van der Waals surface area contributed by atoms with E-state index < -0.39 is 0 Å². The summed E-state index contributed by atoms with van der Waals surface area (Å²) in [7, 11) is 1.69. The van der Waals surface area contributed by atoms with E-state index in [0.29, 0.717) is 11.6 Å². The largest absolute Gasteiger partial charge is 0.497 e. The number of benzene rings is 1. The van der Waals surface area contributed by atoms with Gasteiger partial charge in [0.1, 0.15) is 5.75 Å². The number of hydrogen-bond acceptors (Lipinski definition) is 2. The summed E-state index contributed by atoms with van der Waals surface area (Å²) < 4.78 is 5.24. The molecule has 1 saturated heterocycles. The number of hydrogen-bond donors (Lipinski definition) is 1. The van der Waals surface area contributed by atoms with Crippen LogP contribution in [0.3, 0.4) is 0 Å². The summed E-state index contributed by atoms with van der Waals surface area (Å²) in [4.78, 5) is 14.2. The van der Waals surface area contributed by atoms with Crippen molar-refractivity contribution in [1.29, 1.82) is 0 Å². The summed E-state index contributed by atoms with van der Waals surface area (Å²) in [5.74, 6) is 1.50. The van der Waals surface area contributed by atoms with Gasteiger partial charge in [-0.3, -0.25) is 0 Å². The molecule has 0 unspecified atom stereocenters. The monoisotopic (exact) mass is 380 g/mol. The maximum atomic E-state index is 12.4. The molecular weight excluding hydrogens is 348 g/mol. The fourth-order valence-electron chi connectivity index (χ4n) is 3.44. The Hall–Kier alpha value is -2.75. The third-order valence-corrected chi connectivity index (χ3v) is 5.21. The molecule has 1 heterocycles. The number of urea groups is 1. The van der Waals surface area contributed by atoms with Crippen molar-refractivity contribution in [2.75, 3.05) is 20.2 Å². The van der Waals surface area contributed by atoms with Crippen molar-refractivity contribution in [3.63, 3.8) is 0 Å². The summed E-state index contributed by atoms with van der Waals surface area (Å²) >= 11 is 0. The molecule has 1 aliphatic heterocycles. The predicted molar refractivity (Wildman–Crippen MR) is 117 cm³/mol. The number of methoxy groups -OCH3 is 1. The van der Waals surface area contributed by atoms with Gasteiger partial charge in [0.25, 0.3) is 0 Å². The zero-order valence-corrected chi connectivity index (χ0v) is 17.1. The fourth-order valence-corrected chi connectivity index (χ4v) is 3.44. The molecule has 0 bridgehead atoms. The normalized spacial score (nSPS) is 15.9. The van der Waals surface area contributed by atoms with E-state index in [2.05, 4.69) is 43.6 Å². The second kappa shape index (κ2) is 11.2. The van der Waals surface area contributed by atoms with E-state index >= 15 is 0 Å². The summed E-state index contributed by atoms with van der Waals surface area (Å²) in [6.07, 6.45) is 11.5. The van der Waals surface area contributed by atoms with Gasteiger partial charge in [-0.15, -0.1) is 0 Å². The lowest BCUT2D eigenvalue weighted by atomic mass is 9.91. The maximum Gasteiger partial charge on any atom is 0.321 e. The highest BCUT2D eigenvalue weighted by atomic mass is 16.5. The summed E-state index contributed by atoms with van der Waals surface area (Å²) in [6, 6.07) is 8.20. The molecule has 4 nitrogen and oxygen atoms in total. The number of nitrogens with zero attached hydrogens (tertiary/aromatic N) is 1. The first kappa shape index (κ1) is 21.5. The highest BCUT2D eigenvalue weighted by molar-refractivity contribution is 5.76. The Morgan fingerprint density at radius 3 is 2.46 bits per heavy atom. The number of likely N-dealkylation sites (tertiary alicyclic amines) is 1. The van der Waals surface area contributed by atoms with Crippen LogP contribution in [0.1, 0.15) is 38.2 Å². The molecule has 0 spiro atoms. The Morgan fingerprint density at radius 1 is 1.25 bits per heavy atom. The lowest BCUT2D eigenvalue weighted by molar-refractivity contribution is 0.173. The van der Waals surface area contributed by atoms with E-state index in [-0.39, 0.29) is 6.03 Å². The van der Waals surface area contributed by atoms with Crippen LogP contribution in [0.25, 0.3) is 5.57 Å². The molecule has 0 aliphatic carbocycles. The molecule has 0 radical (unpaired) electrons. The lowest BCUT2D eigenvalue weighted by Gasteiger charge is -2.31. The average Bonchev–Trinajstić information content (AvgIpc) is 2.74. The van der Waals surface area contributed by atoms with E-state index in [1.807, 2.05) is 17.0 Å². The molecule has 1 aromatic rings. The van der Waals surface area contributed by atoms with Gasteiger partial charge in [-0.05, 0) is 67.0 Å². The van der Waals surface area contributed by atoms with Gasteiger partial charge < -0.3 is 15.0 Å². The molecule has 28 heavy (non-hydrogen) atoms. The van der Waals surface area contributed by atoms with Crippen LogP contribution in [0.15, 0.2) is 67.4 Å². The Balaban J connectivity index is 1.87. The third-order valence-electron chi connectivity index (χ3n) is 5.21. The number of ether oxygens (including phenoxy) is 1. The molecule has 1 fully saturated rings. The highest BCUT2D eigenvalue weighted by Gasteiger charge is 2.22. The smallest absolute Gasteiger partial charge is 0.321 e. The number of amides is 2. The van der Waals surface area contributed by atoms with Crippen LogP contribution in [0.4, 0.5) is 4.79 Å². The van der Waals surface area contributed by atoms with E-state index in [9.17, 15) is 4.79 Å². The number of nitrogens with one attached hydrogen (secondary N) is 1. The second-order valence-electron chi connectivity index (χ2n) is 6.97. The predicted octanol–water partition coefficient (Wildman–Crippen LogP) is 5.56. The van der Waals surface area contributed by atoms with Crippen molar-refractivity contribution in [2.45, 2.75) is 32.6 Å². The van der Waals surface area contributed by atoms with E-state index in [0.717, 1.165) is 44.5 Å². The molecule has 2 rings (SSSR count). The Bertz CT molecular complexity index is 723. The molecule has 2 amide bonds. The van der Waals surface area contributed by atoms with Gasteiger partial charge >= 0.3 is 6.03 Å². The molecule has 1 aliphatic rings. The fraction of sp³-hybridized carbons (Fsp3) is 0.375. The van der Waals surface area contributed by atoms with Crippen molar-refractivity contribution in [2.24, 2.45) is 5.92 Å². The minimum Gasteiger partial charge on any atom is -0.497 e. The second-order valence-corrected chi connectivity index (χ2v) is 6.97. The van der Waals surface area contributed by atoms with E-state index in [4.69, 9.17) is 4.74 Å². The number of allylic oxidation sites excluding steroid dienone is 5. The molecule has 1 aromatic carbocycles. The quantitative estimate of drug-likeness (QED) is 0.600. The van der Waals surface area contributed by atoms with Crippen LogP contribution >= 0.6 is 0 Å². The summed E-state index contributed by atoms with van der Waals surface area (Å²) in [5.41, 5.74) is 3.30. The van der Waals surface area contributed by atoms with Crippen molar-refractivity contribution in [3.8, 4) is 5.75 Å². The maximum absolute atomic E-state index is 12.4. The molecule has 4 heteroatoms. The Labute approximate surface area is 169 Å². The van der Waals surface area contributed by atoms with Crippen LogP contribution < -0.4 is 10.1 Å². The summed E-state index contributed by atoms with van der Waals surface area (Å²) in [5, 5.41) is 2.88. The van der Waals surface area contributed by atoms with Gasteiger partial charge in [-0.25, -0.2) is 4.79 Å². The lowest BCUT2D eigenvalue weighted by Crippen LogP contribution is -2.43. The number of carbonyl (C=O) groups is 1. The first-order valence-electron chi connectivity index (χ1n) is 9.95. The molecule has 0 aromatic heterocycles. The molecule has 150 valence electrons. The van der Waals surface area contributed by atoms with Crippen LogP contribution in [-0.4, -0.2) is 31.1 Å². The minimum absolute atomic E-state index is 0.0607. The Morgan fingerprint density at radius 2 is 1.93 bits per heavy atom. The molecule has 1 N–H and O–H groups in total.